The lowest BCUT2D eigenvalue weighted by molar-refractivity contribution is -0.000499. The van der Waals surface area contributed by atoms with E-state index in [0.717, 1.165) is 19.2 Å². The highest BCUT2D eigenvalue weighted by Crippen LogP contribution is 2.27. The van der Waals surface area contributed by atoms with E-state index in [-0.39, 0.29) is 11.6 Å². The number of rotatable bonds is 4. The Kier molecular flexibility index (Phi) is 3.51. The Hall–Kier alpha value is -2.03. The van der Waals surface area contributed by atoms with Crippen molar-refractivity contribution >= 4 is 12.1 Å². The summed E-state index contributed by atoms with van der Waals surface area (Å²) >= 11 is 0. The second kappa shape index (κ2) is 4.66. The van der Waals surface area contributed by atoms with Crippen molar-refractivity contribution in [3.8, 4) is 6.07 Å². The summed E-state index contributed by atoms with van der Waals surface area (Å²) in [7, 11) is 0. The molecule has 0 saturated carbocycles. The van der Waals surface area contributed by atoms with Crippen LogP contribution in [0.3, 0.4) is 0 Å². The fraction of sp³-hybridized carbons (Fsp3) is 0.500. The van der Waals surface area contributed by atoms with Gasteiger partial charge >= 0.3 is 0 Å². The largest absolute Gasteiger partial charge is 0.451 e. The van der Waals surface area contributed by atoms with Gasteiger partial charge in [-0.25, -0.2) is 4.99 Å². The molecule has 0 fully saturated rings. The summed E-state index contributed by atoms with van der Waals surface area (Å²) in [6.45, 7) is 3.93. The summed E-state index contributed by atoms with van der Waals surface area (Å²) in [5.41, 5.74) is 5.58. The molecule has 0 spiro atoms. The van der Waals surface area contributed by atoms with Crippen molar-refractivity contribution in [2.45, 2.75) is 32.4 Å². The smallest absolute Gasteiger partial charge is 0.213 e. The molecule has 16 heavy (non-hydrogen) atoms. The first-order valence-electron chi connectivity index (χ1n) is 5.06. The summed E-state index contributed by atoms with van der Waals surface area (Å²) in [6, 6.07) is 1.88. The van der Waals surface area contributed by atoms with Gasteiger partial charge in [0.25, 0.3) is 0 Å². The van der Waals surface area contributed by atoms with Crippen molar-refractivity contribution in [2.24, 2.45) is 10.7 Å². The van der Waals surface area contributed by atoms with Crippen LogP contribution >= 0.6 is 0 Å². The number of hydrogen-bond acceptors (Lipinski definition) is 5. The number of allylic oxidation sites excluding steroid dienone is 1. The van der Waals surface area contributed by atoms with Crippen LogP contribution in [0.1, 0.15) is 26.7 Å². The topological polar surface area (TPSA) is 107 Å². The number of hydrogen-bond donors (Lipinski definition) is 3. The first-order chi connectivity index (χ1) is 7.62. The van der Waals surface area contributed by atoms with E-state index in [1.807, 2.05) is 19.9 Å². The first kappa shape index (κ1) is 12.0. The van der Waals surface area contributed by atoms with Gasteiger partial charge in [-0.2, -0.15) is 5.26 Å². The predicted octanol–water partition coefficient (Wildman–Crippen LogP) is 0.822. The molecule has 1 rings (SSSR count). The van der Waals surface area contributed by atoms with Gasteiger partial charge in [0.05, 0.1) is 0 Å². The fourth-order valence-corrected chi connectivity index (χ4v) is 1.54. The van der Waals surface area contributed by atoms with Crippen molar-refractivity contribution < 1.29 is 4.74 Å². The summed E-state index contributed by atoms with van der Waals surface area (Å²) in [5, 5.41) is 18.8. The second-order valence-electron chi connectivity index (χ2n) is 3.39. The van der Waals surface area contributed by atoms with Gasteiger partial charge in [0, 0.05) is 12.8 Å². The average Bonchev–Trinajstić information content (AvgIpc) is 2.64. The third-order valence-corrected chi connectivity index (χ3v) is 2.58. The highest BCUT2D eigenvalue weighted by atomic mass is 16.5. The lowest BCUT2D eigenvalue weighted by atomic mass is 10.1. The van der Waals surface area contributed by atoms with E-state index in [9.17, 15) is 0 Å². The molecule has 1 aliphatic rings. The number of nitrogens with two attached hydrogens (primary N) is 1. The van der Waals surface area contributed by atoms with Crippen LogP contribution in [0.25, 0.3) is 0 Å². The zero-order valence-corrected chi connectivity index (χ0v) is 9.37. The molecule has 6 heteroatoms. The van der Waals surface area contributed by atoms with E-state index in [2.05, 4.69) is 10.3 Å². The Morgan fingerprint density at radius 2 is 2.31 bits per heavy atom. The zero-order chi connectivity index (χ0) is 12.2. The number of aliphatic imine (C=N–C) groups is 1. The Morgan fingerprint density at radius 3 is 2.69 bits per heavy atom. The summed E-state index contributed by atoms with van der Waals surface area (Å²) in [5.74, 6) is 0.158. The van der Waals surface area contributed by atoms with Gasteiger partial charge in [0.15, 0.2) is 11.4 Å². The molecule has 1 aliphatic heterocycles. The molecule has 86 valence electrons. The number of nitrogens with zero attached hydrogens (tertiary/aromatic N) is 2. The number of nitriles is 1. The normalized spacial score (nSPS) is 18.7. The standard InChI is InChI=1S/C10H15N5O/c1-3-10(4-2)15-8(9(13)16-10)7(5-11)14-6-12/h6,12,15H,3-4,13H2,1-2H3. The minimum atomic E-state index is -0.556. The Morgan fingerprint density at radius 1 is 1.69 bits per heavy atom. The van der Waals surface area contributed by atoms with E-state index in [0.29, 0.717) is 5.70 Å². The minimum absolute atomic E-state index is 0.0660. The molecular weight excluding hydrogens is 206 g/mol. The quantitative estimate of drug-likeness (QED) is 0.482. The average molecular weight is 221 g/mol. The van der Waals surface area contributed by atoms with Gasteiger partial charge in [0.1, 0.15) is 18.1 Å². The molecular formula is C10H15N5O. The maximum absolute atomic E-state index is 8.88. The van der Waals surface area contributed by atoms with Gasteiger partial charge in [0.2, 0.25) is 5.88 Å². The Labute approximate surface area is 94.3 Å². The van der Waals surface area contributed by atoms with E-state index in [4.69, 9.17) is 21.1 Å². The van der Waals surface area contributed by atoms with E-state index in [1.54, 1.807) is 0 Å². The van der Waals surface area contributed by atoms with E-state index >= 15 is 0 Å². The molecule has 0 aromatic heterocycles. The highest BCUT2D eigenvalue weighted by molar-refractivity contribution is 6.13. The molecule has 0 aromatic rings. The molecule has 4 N–H and O–H groups in total. The van der Waals surface area contributed by atoms with Crippen LogP contribution < -0.4 is 11.1 Å². The SMILES string of the molecule is CCC1(CC)NC(C(C#N)=NC=N)=C(N)O1. The molecule has 0 aromatic carbocycles. The van der Waals surface area contributed by atoms with E-state index < -0.39 is 5.72 Å². The zero-order valence-electron chi connectivity index (χ0n) is 9.37. The second-order valence-corrected chi connectivity index (χ2v) is 3.39. The van der Waals surface area contributed by atoms with Crippen molar-refractivity contribution in [3.63, 3.8) is 0 Å². The van der Waals surface area contributed by atoms with Crippen LogP contribution in [0.2, 0.25) is 0 Å². The third-order valence-electron chi connectivity index (χ3n) is 2.58. The molecule has 0 saturated heterocycles. The van der Waals surface area contributed by atoms with Crippen molar-refractivity contribution in [3.05, 3.63) is 11.6 Å². The van der Waals surface area contributed by atoms with Gasteiger partial charge in [-0.05, 0) is 0 Å². The fourth-order valence-electron chi connectivity index (χ4n) is 1.54. The van der Waals surface area contributed by atoms with Gasteiger partial charge in [-0.15, -0.1) is 0 Å². The minimum Gasteiger partial charge on any atom is -0.451 e. The number of ether oxygens (including phenoxy) is 1. The molecule has 0 radical (unpaired) electrons. The summed E-state index contributed by atoms with van der Waals surface area (Å²) in [6.07, 6.45) is 2.24. The van der Waals surface area contributed by atoms with Crippen molar-refractivity contribution in [2.75, 3.05) is 0 Å². The molecule has 0 aliphatic carbocycles. The van der Waals surface area contributed by atoms with Crippen molar-refractivity contribution in [1.82, 2.24) is 5.32 Å². The summed E-state index contributed by atoms with van der Waals surface area (Å²) in [4.78, 5) is 3.63. The maximum atomic E-state index is 8.88. The van der Waals surface area contributed by atoms with E-state index in [1.165, 1.54) is 0 Å². The van der Waals surface area contributed by atoms with Gasteiger partial charge in [-0.3, -0.25) is 5.41 Å². The molecule has 0 atom stereocenters. The molecule has 0 unspecified atom stereocenters. The van der Waals surface area contributed by atoms with Crippen LogP contribution in [0.15, 0.2) is 16.6 Å². The van der Waals surface area contributed by atoms with Crippen LogP contribution in [0.5, 0.6) is 0 Å². The Bertz CT molecular complexity index is 387. The maximum Gasteiger partial charge on any atom is 0.213 e. The van der Waals surface area contributed by atoms with Crippen molar-refractivity contribution in [1.29, 1.82) is 10.7 Å². The Balaban J connectivity index is 3.01. The third kappa shape index (κ3) is 1.98. The highest BCUT2D eigenvalue weighted by Gasteiger charge is 2.38. The molecule has 1 heterocycles. The molecule has 0 amide bonds. The summed E-state index contributed by atoms with van der Waals surface area (Å²) < 4.78 is 5.53. The number of nitrogens with one attached hydrogen (secondary N) is 2. The monoisotopic (exact) mass is 221 g/mol. The van der Waals surface area contributed by atoms with Crippen LogP contribution in [-0.4, -0.2) is 17.8 Å². The molecule has 0 bridgehead atoms. The lowest BCUT2D eigenvalue weighted by Crippen LogP contribution is -2.41. The van der Waals surface area contributed by atoms with Gasteiger partial charge in [-0.1, -0.05) is 13.8 Å². The van der Waals surface area contributed by atoms with Crippen LogP contribution in [-0.2, 0) is 4.74 Å². The predicted molar refractivity (Wildman–Crippen MR) is 60.6 cm³/mol. The first-order valence-corrected chi connectivity index (χ1v) is 5.06. The van der Waals surface area contributed by atoms with Crippen LogP contribution in [0.4, 0.5) is 0 Å². The lowest BCUT2D eigenvalue weighted by Gasteiger charge is -2.27. The van der Waals surface area contributed by atoms with Gasteiger partial charge < -0.3 is 15.8 Å². The van der Waals surface area contributed by atoms with Crippen LogP contribution in [0, 0.1) is 16.7 Å². The molecule has 6 nitrogen and oxygen atoms in total.